The van der Waals surface area contributed by atoms with Crippen molar-refractivity contribution in [1.29, 1.82) is 0 Å². The van der Waals surface area contributed by atoms with Crippen LogP contribution < -0.4 is 0 Å². The van der Waals surface area contributed by atoms with E-state index in [1.165, 1.54) is 24.9 Å². The molecule has 92 valence electrons. The second kappa shape index (κ2) is 6.81. The minimum absolute atomic E-state index is 0.118. The molecule has 0 aliphatic carbocycles. The Labute approximate surface area is 100 Å². The number of carboxylic acid groups (broad SMARTS) is 1. The molecule has 0 spiro atoms. The highest BCUT2D eigenvalue weighted by Crippen LogP contribution is 2.34. The van der Waals surface area contributed by atoms with Crippen molar-refractivity contribution < 1.29 is 18.8 Å². The number of carbonyl (C=O) groups is 1. The van der Waals surface area contributed by atoms with Crippen LogP contribution in [0.1, 0.15) is 46.0 Å². The van der Waals surface area contributed by atoms with Gasteiger partial charge in [-0.3, -0.25) is 8.98 Å². The Balaban J connectivity index is 2.40. The summed E-state index contributed by atoms with van der Waals surface area (Å²) in [5.74, 6) is -0.105. The molecule has 1 unspecified atom stereocenters. The summed E-state index contributed by atoms with van der Waals surface area (Å²) in [6.07, 6.45) is 3.66. The van der Waals surface area contributed by atoms with Crippen molar-refractivity contribution in [3.05, 3.63) is 10.7 Å². The monoisotopic (exact) mass is 246 g/mol. The maximum Gasteiger partial charge on any atom is 0.309 e. The SMILES string of the molecule is CCCCCC1=C(C)OC(CC(=O)O)OS1. The summed E-state index contributed by atoms with van der Waals surface area (Å²) >= 11 is 1.26. The fraction of sp³-hybridized carbons (Fsp3) is 0.727. The van der Waals surface area contributed by atoms with Crippen molar-refractivity contribution >= 4 is 18.0 Å². The highest BCUT2D eigenvalue weighted by Gasteiger charge is 2.23. The van der Waals surface area contributed by atoms with E-state index in [1.807, 2.05) is 6.92 Å². The average Bonchev–Trinajstić information content (AvgIpc) is 2.20. The van der Waals surface area contributed by atoms with Gasteiger partial charge in [-0.1, -0.05) is 19.8 Å². The van der Waals surface area contributed by atoms with Gasteiger partial charge in [0.2, 0.25) is 6.29 Å². The van der Waals surface area contributed by atoms with Crippen molar-refractivity contribution in [2.24, 2.45) is 0 Å². The van der Waals surface area contributed by atoms with Crippen molar-refractivity contribution in [2.45, 2.75) is 52.2 Å². The predicted octanol–water partition coefficient (Wildman–Crippen LogP) is 3.29. The molecule has 0 amide bonds. The van der Waals surface area contributed by atoms with Crippen molar-refractivity contribution in [3.8, 4) is 0 Å². The minimum atomic E-state index is -0.909. The second-order valence-corrected chi connectivity index (χ2v) is 4.61. The highest BCUT2D eigenvalue weighted by molar-refractivity contribution is 7.98. The fourth-order valence-electron chi connectivity index (χ4n) is 1.42. The highest BCUT2D eigenvalue weighted by atomic mass is 32.2. The maximum atomic E-state index is 10.5. The van der Waals surface area contributed by atoms with Crippen LogP contribution in [-0.2, 0) is 13.7 Å². The van der Waals surface area contributed by atoms with Crippen molar-refractivity contribution in [1.82, 2.24) is 0 Å². The topological polar surface area (TPSA) is 55.8 Å². The van der Waals surface area contributed by atoms with E-state index in [0.717, 1.165) is 23.5 Å². The quantitative estimate of drug-likeness (QED) is 0.575. The van der Waals surface area contributed by atoms with Crippen LogP contribution in [0, 0.1) is 0 Å². The van der Waals surface area contributed by atoms with Crippen LogP contribution in [-0.4, -0.2) is 17.4 Å². The third-order valence-electron chi connectivity index (χ3n) is 2.31. The largest absolute Gasteiger partial charge is 0.481 e. The molecule has 0 bridgehead atoms. The molecule has 5 heteroatoms. The molecule has 1 rings (SSSR count). The van der Waals surface area contributed by atoms with E-state index in [-0.39, 0.29) is 6.42 Å². The zero-order valence-corrected chi connectivity index (χ0v) is 10.5. The number of carboxylic acids is 1. The first kappa shape index (κ1) is 13.4. The molecule has 0 aromatic heterocycles. The number of hydrogen-bond donors (Lipinski definition) is 1. The lowest BCUT2D eigenvalue weighted by Crippen LogP contribution is -2.21. The molecule has 0 saturated carbocycles. The van der Waals surface area contributed by atoms with Crippen LogP contribution in [0.25, 0.3) is 0 Å². The predicted molar refractivity (Wildman–Crippen MR) is 62.6 cm³/mol. The lowest BCUT2D eigenvalue weighted by molar-refractivity contribution is -0.144. The van der Waals surface area contributed by atoms with Crippen LogP contribution in [0.4, 0.5) is 0 Å². The second-order valence-electron chi connectivity index (χ2n) is 3.76. The summed E-state index contributed by atoms with van der Waals surface area (Å²) < 4.78 is 10.7. The van der Waals surface area contributed by atoms with Gasteiger partial charge in [-0.2, -0.15) is 0 Å². The van der Waals surface area contributed by atoms with Gasteiger partial charge in [0.1, 0.15) is 12.2 Å². The number of allylic oxidation sites excluding steroid dienone is 2. The minimum Gasteiger partial charge on any atom is -0.481 e. The lowest BCUT2D eigenvalue weighted by Gasteiger charge is -2.24. The van der Waals surface area contributed by atoms with Gasteiger partial charge in [0.15, 0.2) is 0 Å². The number of hydrogen-bond acceptors (Lipinski definition) is 4. The van der Waals surface area contributed by atoms with Crippen LogP contribution in [0.2, 0.25) is 0 Å². The summed E-state index contributed by atoms with van der Waals surface area (Å²) in [6, 6.07) is 0. The molecule has 1 aliphatic heterocycles. The summed E-state index contributed by atoms with van der Waals surface area (Å²) in [5.41, 5.74) is 0. The van der Waals surface area contributed by atoms with Gasteiger partial charge in [0.25, 0.3) is 0 Å². The number of unbranched alkanes of at least 4 members (excludes halogenated alkanes) is 2. The third-order valence-corrected chi connectivity index (χ3v) is 3.31. The molecule has 0 saturated heterocycles. The van der Waals surface area contributed by atoms with E-state index >= 15 is 0 Å². The molecule has 16 heavy (non-hydrogen) atoms. The molecular formula is C11H18O4S. The fourth-order valence-corrected chi connectivity index (χ4v) is 2.15. The van der Waals surface area contributed by atoms with Crippen LogP contribution >= 0.6 is 12.0 Å². The summed E-state index contributed by atoms with van der Waals surface area (Å²) in [5, 5.41) is 8.61. The Morgan fingerprint density at radius 2 is 2.25 bits per heavy atom. The molecule has 1 aliphatic rings. The van der Waals surface area contributed by atoms with E-state index < -0.39 is 12.3 Å². The Morgan fingerprint density at radius 3 is 2.81 bits per heavy atom. The maximum absolute atomic E-state index is 10.5. The summed E-state index contributed by atoms with van der Waals surface area (Å²) in [6.45, 7) is 4.02. The van der Waals surface area contributed by atoms with Crippen molar-refractivity contribution in [2.75, 3.05) is 0 Å². The number of aliphatic carboxylic acids is 1. The van der Waals surface area contributed by atoms with E-state index in [9.17, 15) is 4.79 Å². The van der Waals surface area contributed by atoms with Gasteiger partial charge < -0.3 is 9.84 Å². The van der Waals surface area contributed by atoms with Gasteiger partial charge in [-0.05, 0) is 19.8 Å². The summed E-state index contributed by atoms with van der Waals surface area (Å²) in [7, 11) is 0. The molecule has 0 radical (unpaired) electrons. The van der Waals surface area contributed by atoms with Crippen molar-refractivity contribution in [3.63, 3.8) is 0 Å². The van der Waals surface area contributed by atoms with E-state index in [0.29, 0.717) is 0 Å². The lowest BCUT2D eigenvalue weighted by atomic mass is 10.2. The van der Waals surface area contributed by atoms with E-state index in [1.54, 1.807) is 0 Å². The zero-order chi connectivity index (χ0) is 12.0. The molecule has 1 N–H and O–H groups in total. The van der Waals surface area contributed by atoms with Gasteiger partial charge in [0.05, 0.1) is 4.91 Å². The number of rotatable bonds is 6. The number of ether oxygens (including phenoxy) is 1. The first-order valence-corrected chi connectivity index (χ1v) is 6.29. The molecule has 0 aromatic rings. The Bertz CT molecular complexity index is 275. The van der Waals surface area contributed by atoms with Crippen LogP contribution in [0.15, 0.2) is 10.7 Å². The molecule has 0 fully saturated rings. The smallest absolute Gasteiger partial charge is 0.309 e. The average molecular weight is 246 g/mol. The normalized spacial score (nSPS) is 20.8. The first-order valence-electron chi connectivity index (χ1n) is 5.55. The third kappa shape index (κ3) is 4.45. The molecule has 1 atom stereocenters. The van der Waals surface area contributed by atoms with E-state index in [2.05, 4.69) is 6.92 Å². The van der Waals surface area contributed by atoms with Gasteiger partial charge >= 0.3 is 5.97 Å². The molecule has 0 aromatic carbocycles. The van der Waals surface area contributed by atoms with E-state index in [4.69, 9.17) is 14.0 Å². The van der Waals surface area contributed by atoms with Crippen LogP contribution in [0.3, 0.4) is 0 Å². The summed E-state index contributed by atoms with van der Waals surface area (Å²) in [4.78, 5) is 11.6. The molecule has 4 nitrogen and oxygen atoms in total. The molecule has 1 heterocycles. The Hall–Kier alpha value is -0.680. The Morgan fingerprint density at radius 1 is 1.50 bits per heavy atom. The zero-order valence-electron chi connectivity index (χ0n) is 9.69. The standard InChI is InChI=1S/C11H18O4S/c1-3-4-5-6-9-8(2)14-11(15-16-9)7-10(12)13/h11H,3-7H2,1-2H3,(H,12,13). The van der Waals surface area contributed by atoms with Gasteiger partial charge in [-0.25, -0.2) is 0 Å². The van der Waals surface area contributed by atoms with Gasteiger partial charge in [-0.15, -0.1) is 0 Å². The van der Waals surface area contributed by atoms with Gasteiger partial charge in [0, 0.05) is 12.0 Å². The Kier molecular flexibility index (Phi) is 5.69. The van der Waals surface area contributed by atoms with Crippen LogP contribution in [0.5, 0.6) is 0 Å². The first-order chi connectivity index (χ1) is 7.63. The molecular weight excluding hydrogens is 228 g/mol.